The number of aromatic nitrogens is 6. The quantitative estimate of drug-likeness (QED) is 0.334. The summed E-state index contributed by atoms with van der Waals surface area (Å²) in [7, 11) is 0. The van der Waals surface area contributed by atoms with E-state index >= 15 is 0 Å². The minimum Gasteiger partial charge on any atom is -0.361 e. The van der Waals surface area contributed by atoms with Gasteiger partial charge in [0.25, 0.3) is 0 Å². The van der Waals surface area contributed by atoms with Gasteiger partial charge in [0, 0.05) is 40.2 Å². The summed E-state index contributed by atoms with van der Waals surface area (Å²) in [5.41, 5.74) is 2.71. The van der Waals surface area contributed by atoms with Crippen molar-refractivity contribution < 1.29 is 8.78 Å². The van der Waals surface area contributed by atoms with Crippen LogP contribution in [0.1, 0.15) is 0 Å². The van der Waals surface area contributed by atoms with Gasteiger partial charge in [0.15, 0.2) is 5.82 Å². The van der Waals surface area contributed by atoms with E-state index in [9.17, 15) is 8.78 Å². The zero-order valence-electron chi connectivity index (χ0n) is 17.7. The molecule has 0 aliphatic rings. The van der Waals surface area contributed by atoms with Crippen LogP contribution in [0.15, 0.2) is 67.3 Å². The van der Waals surface area contributed by atoms with Crippen LogP contribution in [-0.2, 0) is 6.54 Å². The molecule has 10 heteroatoms. The number of nitrogens with one attached hydrogen (secondary N) is 2. The second kappa shape index (κ2) is 8.31. The minimum atomic E-state index is -0.507. The lowest BCUT2D eigenvalue weighted by Crippen LogP contribution is -2.13. The average molecular weight is 474 g/mol. The highest BCUT2D eigenvalue weighted by atomic mass is 32.1. The highest BCUT2D eigenvalue weighted by molar-refractivity contribution is 7.22. The zero-order valence-corrected chi connectivity index (χ0v) is 18.5. The van der Waals surface area contributed by atoms with E-state index in [1.807, 2.05) is 30.3 Å². The fourth-order valence-electron chi connectivity index (χ4n) is 4.00. The number of halogens is 2. The van der Waals surface area contributed by atoms with Crippen molar-refractivity contribution in [3.63, 3.8) is 0 Å². The average Bonchev–Trinajstić information content (AvgIpc) is 3.60. The first-order valence-electron chi connectivity index (χ1n) is 10.6. The van der Waals surface area contributed by atoms with Gasteiger partial charge in [0.2, 0.25) is 5.95 Å². The van der Waals surface area contributed by atoms with Crippen LogP contribution >= 0.6 is 11.3 Å². The van der Waals surface area contributed by atoms with Crippen LogP contribution in [0, 0.1) is 11.6 Å². The van der Waals surface area contributed by atoms with Gasteiger partial charge in [-0.1, -0.05) is 23.4 Å². The van der Waals surface area contributed by atoms with Gasteiger partial charge in [-0.15, -0.1) is 16.4 Å². The lowest BCUT2D eigenvalue weighted by atomic mass is 10.0. The monoisotopic (exact) mass is 473 g/mol. The lowest BCUT2D eigenvalue weighted by molar-refractivity contribution is 0.604. The van der Waals surface area contributed by atoms with Gasteiger partial charge >= 0.3 is 0 Å². The molecule has 0 saturated carbocycles. The number of H-pyrrole nitrogens is 1. The van der Waals surface area contributed by atoms with Crippen molar-refractivity contribution in [2.75, 3.05) is 11.9 Å². The van der Waals surface area contributed by atoms with E-state index in [0.717, 1.165) is 32.1 Å². The molecule has 0 saturated heterocycles. The molecule has 0 amide bonds. The number of nitrogens with zero attached hydrogens (tertiary/aromatic N) is 5. The molecule has 0 aliphatic carbocycles. The summed E-state index contributed by atoms with van der Waals surface area (Å²) in [5.74, 6) is -0.487. The first-order chi connectivity index (χ1) is 16.7. The molecule has 34 heavy (non-hydrogen) atoms. The topological polar surface area (TPSA) is 84.3 Å². The van der Waals surface area contributed by atoms with Gasteiger partial charge in [0.1, 0.15) is 11.5 Å². The van der Waals surface area contributed by atoms with Gasteiger partial charge in [-0.2, -0.15) is 0 Å². The van der Waals surface area contributed by atoms with Crippen LogP contribution in [0.2, 0.25) is 0 Å². The Morgan fingerprint density at radius 1 is 1.06 bits per heavy atom. The number of rotatable bonds is 6. The number of anilines is 1. The Labute approximate surface area is 196 Å². The Morgan fingerprint density at radius 3 is 2.88 bits per heavy atom. The Balaban J connectivity index is 1.38. The number of benzene rings is 2. The number of thiophene rings is 1. The summed E-state index contributed by atoms with van der Waals surface area (Å²) in [6.07, 6.45) is 6.32. The number of aromatic amines is 1. The van der Waals surface area contributed by atoms with E-state index in [-0.39, 0.29) is 11.5 Å². The molecule has 0 radical (unpaired) electrons. The van der Waals surface area contributed by atoms with Crippen molar-refractivity contribution in [2.24, 2.45) is 0 Å². The lowest BCUT2D eigenvalue weighted by Gasteiger charge is -2.07. The van der Waals surface area contributed by atoms with Gasteiger partial charge in [-0.3, -0.25) is 4.68 Å². The van der Waals surface area contributed by atoms with Crippen LogP contribution in [0.4, 0.5) is 14.7 Å². The predicted octanol–water partition coefficient (Wildman–Crippen LogP) is 5.49. The first kappa shape index (κ1) is 20.4. The third-order valence-corrected chi connectivity index (χ3v) is 6.72. The molecule has 7 nitrogen and oxygen atoms in total. The van der Waals surface area contributed by atoms with Crippen LogP contribution in [0.25, 0.3) is 42.7 Å². The van der Waals surface area contributed by atoms with E-state index in [4.69, 9.17) is 0 Å². The molecule has 2 aromatic carbocycles. The Morgan fingerprint density at radius 2 is 2.00 bits per heavy atom. The van der Waals surface area contributed by atoms with Crippen LogP contribution in [-0.4, -0.2) is 36.5 Å². The molecule has 4 heterocycles. The molecule has 0 fully saturated rings. The molecule has 6 rings (SSSR count). The van der Waals surface area contributed by atoms with E-state index in [0.29, 0.717) is 23.9 Å². The smallest absolute Gasteiger partial charge is 0.223 e. The van der Waals surface area contributed by atoms with Crippen LogP contribution in [0.3, 0.4) is 0 Å². The number of hydrogen-bond donors (Lipinski definition) is 2. The van der Waals surface area contributed by atoms with Crippen LogP contribution in [0.5, 0.6) is 0 Å². The van der Waals surface area contributed by atoms with Gasteiger partial charge in [0.05, 0.1) is 29.3 Å². The summed E-state index contributed by atoms with van der Waals surface area (Å²) in [6.45, 7) is 1.08. The van der Waals surface area contributed by atoms with E-state index in [1.165, 1.54) is 29.7 Å². The molecular weight excluding hydrogens is 456 g/mol. The van der Waals surface area contributed by atoms with E-state index in [1.54, 1.807) is 23.3 Å². The van der Waals surface area contributed by atoms with Gasteiger partial charge < -0.3 is 10.3 Å². The molecular formula is C24H17F2N7S. The minimum absolute atomic E-state index is 0.217. The molecule has 0 aliphatic heterocycles. The number of hydrogen-bond acceptors (Lipinski definition) is 6. The highest BCUT2D eigenvalue weighted by Gasteiger charge is 2.17. The summed E-state index contributed by atoms with van der Waals surface area (Å²) < 4.78 is 31.7. The SMILES string of the molecule is Fc1cc(-c2cccc3cc(-c4nc(NCCn5ccnn5)ncc4F)sc23)c2[nH]ccc2c1. The summed E-state index contributed by atoms with van der Waals surface area (Å²) in [5, 5.41) is 12.5. The maximum atomic E-state index is 14.7. The highest BCUT2D eigenvalue weighted by Crippen LogP contribution is 2.41. The number of fused-ring (bicyclic) bond motifs is 2. The van der Waals surface area contributed by atoms with Crippen molar-refractivity contribution in [2.45, 2.75) is 6.54 Å². The van der Waals surface area contributed by atoms with Crippen LogP contribution < -0.4 is 5.32 Å². The third kappa shape index (κ3) is 3.67. The molecule has 4 aromatic heterocycles. The van der Waals surface area contributed by atoms with Crippen molar-refractivity contribution in [1.29, 1.82) is 0 Å². The fraction of sp³-hybridized carbons (Fsp3) is 0.0833. The standard InChI is InChI=1S/C24H17F2N7S/c25-16-10-14-4-5-27-21(14)18(12-16)17-3-1-2-15-11-20(34-23(15)17)22-19(26)13-29-24(31-22)28-6-8-33-9-7-30-32-33/h1-5,7,9-13,27H,6,8H2,(H,28,29,31). The fourth-order valence-corrected chi connectivity index (χ4v) is 5.18. The molecule has 6 aromatic rings. The van der Waals surface area contributed by atoms with Crippen molar-refractivity contribution in [3.8, 4) is 21.7 Å². The molecule has 2 N–H and O–H groups in total. The predicted molar refractivity (Wildman–Crippen MR) is 129 cm³/mol. The van der Waals surface area contributed by atoms with E-state index in [2.05, 4.69) is 30.6 Å². The second-order valence-electron chi connectivity index (χ2n) is 7.71. The third-order valence-electron chi connectivity index (χ3n) is 5.53. The van der Waals surface area contributed by atoms with E-state index < -0.39 is 5.82 Å². The summed E-state index contributed by atoms with van der Waals surface area (Å²) in [4.78, 5) is 12.3. The molecule has 0 unspecified atom stereocenters. The van der Waals surface area contributed by atoms with Gasteiger partial charge in [-0.05, 0) is 29.7 Å². The Kier molecular flexibility index (Phi) is 4.99. The maximum Gasteiger partial charge on any atom is 0.223 e. The largest absolute Gasteiger partial charge is 0.361 e. The molecule has 168 valence electrons. The summed E-state index contributed by atoms with van der Waals surface area (Å²) in [6, 6.07) is 12.6. The maximum absolute atomic E-state index is 14.7. The Bertz CT molecular complexity index is 1620. The van der Waals surface area contributed by atoms with Crippen molar-refractivity contribution in [3.05, 3.63) is 78.9 Å². The normalized spacial score (nSPS) is 11.5. The van der Waals surface area contributed by atoms with Gasteiger partial charge in [-0.25, -0.2) is 18.7 Å². The van der Waals surface area contributed by atoms with Crippen molar-refractivity contribution in [1.82, 2.24) is 29.9 Å². The van der Waals surface area contributed by atoms with Crippen molar-refractivity contribution >= 4 is 38.3 Å². The Hall–Kier alpha value is -4.18. The second-order valence-corrected chi connectivity index (χ2v) is 8.77. The first-order valence-corrected chi connectivity index (χ1v) is 11.4. The molecule has 0 bridgehead atoms. The molecule has 0 spiro atoms. The zero-order chi connectivity index (χ0) is 23.1. The summed E-state index contributed by atoms with van der Waals surface area (Å²) >= 11 is 1.42. The molecule has 0 atom stereocenters.